The summed E-state index contributed by atoms with van der Waals surface area (Å²) in [4.78, 5) is 11.8. The lowest BCUT2D eigenvalue weighted by molar-refractivity contribution is 0.0942. The first-order valence-corrected chi connectivity index (χ1v) is 5.61. The minimum atomic E-state index is -0.935. The minimum absolute atomic E-state index is 0.112. The summed E-state index contributed by atoms with van der Waals surface area (Å²) in [6.07, 6.45) is 1.62. The summed E-state index contributed by atoms with van der Waals surface area (Å²) >= 11 is 0. The van der Waals surface area contributed by atoms with E-state index in [0.717, 1.165) is 12.1 Å². The SMILES string of the molecule is Cn1cc(N)cc1C(=O)NCc1ccc(F)c(F)c1. The van der Waals surface area contributed by atoms with E-state index >= 15 is 0 Å². The first kappa shape index (κ1) is 13.1. The number of halogens is 2. The van der Waals surface area contributed by atoms with Crippen molar-refractivity contribution in [3.63, 3.8) is 0 Å². The van der Waals surface area contributed by atoms with Gasteiger partial charge in [-0.05, 0) is 23.8 Å². The number of amides is 1. The van der Waals surface area contributed by atoms with Crippen LogP contribution in [0.5, 0.6) is 0 Å². The lowest BCUT2D eigenvalue weighted by atomic mass is 10.2. The van der Waals surface area contributed by atoms with Gasteiger partial charge in [-0.15, -0.1) is 0 Å². The van der Waals surface area contributed by atoms with Gasteiger partial charge in [-0.3, -0.25) is 4.79 Å². The average Bonchev–Trinajstić information content (AvgIpc) is 2.70. The molecule has 1 heterocycles. The maximum Gasteiger partial charge on any atom is 0.268 e. The van der Waals surface area contributed by atoms with Crippen LogP contribution in [0.1, 0.15) is 16.1 Å². The summed E-state index contributed by atoms with van der Waals surface area (Å²) in [5.41, 5.74) is 6.94. The van der Waals surface area contributed by atoms with Gasteiger partial charge >= 0.3 is 0 Å². The molecule has 0 unspecified atom stereocenters. The van der Waals surface area contributed by atoms with E-state index in [0.29, 0.717) is 16.9 Å². The largest absolute Gasteiger partial charge is 0.397 e. The van der Waals surface area contributed by atoms with Crippen LogP contribution >= 0.6 is 0 Å². The Kier molecular flexibility index (Phi) is 3.50. The van der Waals surface area contributed by atoms with E-state index in [9.17, 15) is 13.6 Å². The van der Waals surface area contributed by atoms with Crippen molar-refractivity contribution < 1.29 is 13.6 Å². The Hall–Kier alpha value is -2.37. The Bertz CT molecular complexity index is 622. The Morgan fingerprint density at radius 3 is 2.63 bits per heavy atom. The van der Waals surface area contributed by atoms with Gasteiger partial charge in [0.1, 0.15) is 5.69 Å². The van der Waals surface area contributed by atoms with Gasteiger partial charge in [0, 0.05) is 19.8 Å². The van der Waals surface area contributed by atoms with Crippen LogP contribution in [0.25, 0.3) is 0 Å². The highest BCUT2D eigenvalue weighted by molar-refractivity contribution is 5.93. The van der Waals surface area contributed by atoms with Gasteiger partial charge in [0.25, 0.3) is 5.91 Å². The Balaban J connectivity index is 2.04. The zero-order valence-corrected chi connectivity index (χ0v) is 10.3. The number of hydrogen-bond acceptors (Lipinski definition) is 2. The highest BCUT2D eigenvalue weighted by Crippen LogP contribution is 2.10. The molecule has 0 atom stereocenters. The van der Waals surface area contributed by atoms with Gasteiger partial charge in [-0.25, -0.2) is 8.78 Å². The summed E-state index contributed by atoms with van der Waals surface area (Å²) in [5.74, 6) is -2.18. The third-order valence-electron chi connectivity index (χ3n) is 2.70. The second-order valence-electron chi connectivity index (χ2n) is 4.20. The predicted octanol–water partition coefficient (Wildman–Crippen LogP) is 1.82. The van der Waals surface area contributed by atoms with E-state index in [4.69, 9.17) is 5.73 Å². The minimum Gasteiger partial charge on any atom is -0.397 e. The molecule has 2 rings (SSSR count). The van der Waals surface area contributed by atoms with Crippen LogP contribution in [0.4, 0.5) is 14.5 Å². The lowest BCUT2D eigenvalue weighted by Crippen LogP contribution is -2.24. The van der Waals surface area contributed by atoms with E-state index in [-0.39, 0.29) is 12.5 Å². The van der Waals surface area contributed by atoms with Gasteiger partial charge in [-0.1, -0.05) is 6.07 Å². The summed E-state index contributed by atoms with van der Waals surface area (Å²) in [6.45, 7) is 0.112. The number of hydrogen-bond donors (Lipinski definition) is 2. The van der Waals surface area contributed by atoms with Gasteiger partial charge < -0.3 is 15.6 Å². The first-order chi connectivity index (χ1) is 8.97. The molecule has 6 heteroatoms. The number of aryl methyl sites for hydroxylation is 1. The van der Waals surface area contributed by atoms with Crippen molar-refractivity contribution in [1.29, 1.82) is 0 Å². The van der Waals surface area contributed by atoms with Crippen molar-refractivity contribution in [3.05, 3.63) is 53.4 Å². The molecule has 0 aliphatic rings. The molecule has 0 radical (unpaired) electrons. The molecule has 0 saturated heterocycles. The monoisotopic (exact) mass is 265 g/mol. The van der Waals surface area contributed by atoms with Crippen LogP contribution in [-0.4, -0.2) is 10.5 Å². The molecule has 1 aromatic heterocycles. The third-order valence-corrected chi connectivity index (χ3v) is 2.70. The molecule has 0 bridgehead atoms. The highest BCUT2D eigenvalue weighted by atomic mass is 19.2. The molecule has 100 valence electrons. The zero-order chi connectivity index (χ0) is 14.0. The number of carbonyl (C=O) groups excluding carboxylic acids is 1. The van der Waals surface area contributed by atoms with Crippen LogP contribution in [0.3, 0.4) is 0 Å². The van der Waals surface area contributed by atoms with Crippen LogP contribution in [0.2, 0.25) is 0 Å². The normalized spacial score (nSPS) is 10.5. The van der Waals surface area contributed by atoms with E-state index < -0.39 is 11.6 Å². The Morgan fingerprint density at radius 2 is 2.05 bits per heavy atom. The maximum atomic E-state index is 13.0. The second-order valence-corrected chi connectivity index (χ2v) is 4.20. The second kappa shape index (κ2) is 5.09. The van der Waals surface area contributed by atoms with Crippen molar-refractivity contribution in [1.82, 2.24) is 9.88 Å². The molecule has 1 amide bonds. The van der Waals surface area contributed by atoms with Crippen LogP contribution in [0, 0.1) is 11.6 Å². The summed E-state index contributed by atoms with van der Waals surface area (Å²) < 4.78 is 27.3. The van der Waals surface area contributed by atoms with Gasteiger partial charge in [-0.2, -0.15) is 0 Å². The van der Waals surface area contributed by atoms with E-state index in [1.807, 2.05) is 0 Å². The number of nitrogens with zero attached hydrogens (tertiary/aromatic N) is 1. The lowest BCUT2D eigenvalue weighted by Gasteiger charge is -2.06. The van der Waals surface area contributed by atoms with Crippen LogP contribution < -0.4 is 11.1 Å². The number of nitrogen functional groups attached to an aromatic ring is 1. The van der Waals surface area contributed by atoms with Gasteiger partial charge in [0.05, 0.1) is 5.69 Å². The van der Waals surface area contributed by atoms with Crippen molar-refractivity contribution >= 4 is 11.6 Å². The molecule has 0 aliphatic carbocycles. The molecule has 1 aromatic carbocycles. The number of rotatable bonds is 3. The number of anilines is 1. The number of aromatic nitrogens is 1. The summed E-state index contributed by atoms with van der Waals surface area (Å²) in [6, 6.07) is 5.03. The zero-order valence-electron chi connectivity index (χ0n) is 10.3. The van der Waals surface area contributed by atoms with Crippen LogP contribution in [-0.2, 0) is 13.6 Å². The standard InChI is InChI=1S/C13H13F2N3O/c1-18-7-9(16)5-12(18)13(19)17-6-8-2-3-10(14)11(15)4-8/h2-5,7H,6,16H2,1H3,(H,17,19). The summed E-state index contributed by atoms with van der Waals surface area (Å²) in [7, 11) is 1.70. The number of nitrogens with two attached hydrogens (primary N) is 1. The molecular formula is C13H13F2N3O. The van der Waals surface area contributed by atoms with E-state index in [2.05, 4.69) is 5.32 Å². The van der Waals surface area contributed by atoms with Crippen molar-refractivity contribution in [2.75, 3.05) is 5.73 Å². The van der Waals surface area contributed by atoms with E-state index in [1.165, 1.54) is 6.07 Å². The molecule has 19 heavy (non-hydrogen) atoms. The number of nitrogens with one attached hydrogen (secondary N) is 1. The molecule has 0 aliphatic heterocycles. The van der Waals surface area contributed by atoms with Gasteiger partial charge in [0.15, 0.2) is 11.6 Å². The predicted molar refractivity (Wildman–Crippen MR) is 67.4 cm³/mol. The van der Waals surface area contributed by atoms with Gasteiger partial charge in [0.2, 0.25) is 0 Å². The maximum absolute atomic E-state index is 13.0. The molecule has 4 nitrogen and oxygen atoms in total. The van der Waals surface area contributed by atoms with Crippen molar-refractivity contribution in [2.24, 2.45) is 7.05 Å². The number of carbonyl (C=O) groups is 1. The highest BCUT2D eigenvalue weighted by Gasteiger charge is 2.11. The summed E-state index contributed by atoms with van der Waals surface area (Å²) in [5, 5.41) is 2.61. The smallest absolute Gasteiger partial charge is 0.268 e. The topological polar surface area (TPSA) is 60.0 Å². The fourth-order valence-corrected chi connectivity index (χ4v) is 1.74. The number of benzene rings is 1. The quantitative estimate of drug-likeness (QED) is 0.889. The van der Waals surface area contributed by atoms with Crippen molar-refractivity contribution in [3.8, 4) is 0 Å². The molecule has 0 fully saturated rings. The van der Waals surface area contributed by atoms with E-state index in [1.54, 1.807) is 23.9 Å². The molecule has 2 aromatic rings. The molecule has 0 saturated carbocycles. The molecule has 0 spiro atoms. The molecular weight excluding hydrogens is 252 g/mol. The van der Waals surface area contributed by atoms with Crippen LogP contribution in [0.15, 0.2) is 30.5 Å². The average molecular weight is 265 g/mol. The Morgan fingerprint density at radius 1 is 1.32 bits per heavy atom. The van der Waals surface area contributed by atoms with Crippen molar-refractivity contribution in [2.45, 2.75) is 6.54 Å². The molecule has 3 N–H and O–H groups in total. The third kappa shape index (κ3) is 2.90. The fraction of sp³-hybridized carbons (Fsp3) is 0.154. The first-order valence-electron chi connectivity index (χ1n) is 5.61. The Labute approximate surface area is 108 Å². The fourth-order valence-electron chi connectivity index (χ4n) is 1.74.